The van der Waals surface area contributed by atoms with Gasteiger partial charge in [-0.25, -0.2) is 10.4 Å². The molecule has 0 saturated heterocycles. The second kappa shape index (κ2) is 8.60. The first-order valence-corrected chi connectivity index (χ1v) is 10.6. The van der Waals surface area contributed by atoms with Crippen molar-refractivity contribution in [3.63, 3.8) is 0 Å². The monoisotopic (exact) mass is 426 g/mol. The van der Waals surface area contributed by atoms with Crippen LogP contribution in [0.1, 0.15) is 5.69 Å². The fraction of sp³-hybridized carbons (Fsp3) is 0.0500. The number of thioether (sulfide) groups is 1. The maximum atomic E-state index is 12.1. The number of fused-ring (bicyclic) bond motifs is 1. The Morgan fingerprint density at radius 1 is 1.18 bits per heavy atom. The van der Waals surface area contributed by atoms with Gasteiger partial charge >= 0.3 is 0 Å². The Morgan fingerprint density at radius 3 is 2.82 bits per heavy atom. The minimum Gasteiger partial charge on any atom is -0.316 e. The van der Waals surface area contributed by atoms with Gasteiger partial charge in [-0.2, -0.15) is 5.10 Å². The lowest BCUT2D eigenvalue weighted by atomic mass is 10.3. The number of amides is 1. The van der Waals surface area contributed by atoms with Gasteiger partial charge in [0.25, 0.3) is 5.91 Å². The molecule has 28 heavy (non-hydrogen) atoms. The summed E-state index contributed by atoms with van der Waals surface area (Å²) in [5.41, 5.74) is 5.33. The number of thiazole rings is 1. The summed E-state index contributed by atoms with van der Waals surface area (Å²) < 4.78 is 3.95. The Morgan fingerprint density at radius 2 is 2.00 bits per heavy atom. The molecular formula is C20H15ClN4OS2. The van der Waals surface area contributed by atoms with E-state index in [1.54, 1.807) is 17.6 Å². The van der Waals surface area contributed by atoms with Gasteiger partial charge in [-0.15, -0.1) is 11.3 Å². The summed E-state index contributed by atoms with van der Waals surface area (Å²) in [6.07, 6.45) is 3.55. The topological polar surface area (TPSA) is 59.3 Å². The molecule has 140 valence electrons. The lowest BCUT2D eigenvalue weighted by molar-refractivity contribution is -0.118. The highest BCUT2D eigenvalue weighted by atomic mass is 35.5. The van der Waals surface area contributed by atoms with Gasteiger partial charge in [0, 0.05) is 16.9 Å². The summed E-state index contributed by atoms with van der Waals surface area (Å²) in [5, 5.41) is 4.76. The van der Waals surface area contributed by atoms with E-state index in [4.69, 9.17) is 11.6 Å². The molecule has 0 aliphatic heterocycles. The molecular weight excluding hydrogens is 412 g/mol. The number of hydrazone groups is 1. The number of halogens is 1. The van der Waals surface area contributed by atoms with Crippen molar-refractivity contribution in [1.82, 2.24) is 15.0 Å². The number of hydrogen-bond acceptors (Lipinski definition) is 5. The molecule has 2 aromatic carbocycles. The fourth-order valence-corrected chi connectivity index (χ4v) is 4.57. The maximum absolute atomic E-state index is 12.1. The van der Waals surface area contributed by atoms with Crippen molar-refractivity contribution in [2.24, 2.45) is 5.10 Å². The van der Waals surface area contributed by atoms with Crippen molar-refractivity contribution in [2.75, 3.05) is 5.75 Å². The zero-order chi connectivity index (χ0) is 19.3. The van der Waals surface area contributed by atoms with Crippen LogP contribution in [0.3, 0.4) is 0 Å². The van der Waals surface area contributed by atoms with E-state index in [2.05, 4.69) is 15.5 Å². The fourth-order valence-electron chi connectivity index (χ4n) is 2.58. The van der Waals surface area contributed by atoms with E-state index in [1.165, 1.54) is 11.8 Å². The second-order valence-electron chi connectivity index (χ2n) is 5.81. The third-order valence-electron chi connectivity index (χ3n) is 3.87. The first-order valence-electron chi connectivity index (χ1n) is 8.42. The van der Waals surface area contributed by atoms with Crippen molar-refractivity contribution >= 4 is 57.0 Å². The van der Waals surface area contributed by atoms with E-state index < -0.39 is 0 Å². The normalized spacial score (nSPS) is 11.3. The molecule has 4 aromatic rings. The van der Waals surface area contributed by atoms with Gasteiger partial charge in [-0.05, 0) is 48.5 Å². The molecule has 0 fully saturated rings. The summed E-state index contributed by atoms with van der Waals surface area (Å²) in [6.45, 7) is 0. The Labute approximate surface area is 175 Å². The molecule has 1 amide bonds. The average Bonchev–Trinajstić information content (AvgIpc) is 3.33. The molecule has 0 spiro atoms. The van der Waals surface area contributed by atoms with Gasteiger partial charge in [0.1, 0.15) is 0 Å². The molecule has 0 saturated carbocycles. The number of carbonyl (C=O) groups excluding carboxylic acids is 1. The van der Waals surface area contributed by atoms with Crippen LogP contribution in [0.2, 0.25) is 5.02 Å². The van der Waals surface area contributed by atoms with Crippen LogP contribution >= 0.6 is 34.7 Å². The maximum Gasteiger partial charge on any atom is 0.250 e. The van der Waals surface area contributed by atoms with Gasteiger partial charge in [-0.1, -0.05) is 35.5 Å². The molecule has 8 heteroatoms. The van der Waals surface area contributed by atoms with Gasteiger partial charge in [0.05, 0.1) is 27.9 Å². The molecule has 2 aromatic heterocycles. The zero-order valence-electron chi connectivity index (χ0n) is 14.6. The second-order valence-corrected chi connectivity index (χ2v) is 8.50. The summed E-state index contributed by atoms with van der Waals surface area (Å²) >= 11 is 8.93. The van der Waals surface area contributed by atoms with Crippen LogP contribution < -0.4 is 5.43 Å². The van der Waals surface area contributed by atoms with E-state index in [9.17, 15) is 4.79 Å². The summed E-state index contributed by atoms with van der Waals surface area (Å²) in [4.78, 5) is 16.6. The van der Waals surface area contributed by atoms with Crippen molar-refractivity contribution in [1.29, 1.82) is 0 Å². The molecule has 5 nitrogen and oxygen atoms in total. The number of benzene rings is 2. The van der Waals surface area contributed by atoms with Crippen LogP contribution in [0.15, 0.2) is 76.3 Å². The Balaban J connectivity index is 1.34. The highest BCUT2D eigenvalue weighted by Gasteiger charge is 2.07. The number of carbonyl (C=O) groups is 1. The highest BCUT2D eigenvalue weighted by molar-refractivity contribution is 8.01. The third kappa shape index (κ3) is 4.44. The predicted molar refractivity (Wildman–Crippen MR) is 117 cm³/mol. The first-order chi connectivity index (χ1) is 13.7. The van der Waals surface area contributed by atoms with Crippen LogP contribution in [-0.2, 0) is 4.79 Å². The number of hydrogen-bond donors (Lipinski definition) is 1. The number of nitrogens with one attached hydrogen (secondary N) is 1. The lowest BCUT2D eigenvalue weighted by Gasteiger charge is -2.06. The zero-order valence-corrected chi connectivity index (χ0v) is 17.0. The average molecular weight is 427 g/mol. The Bertz CT molecular complexity index is 1100. The molecule has 0 atom stereocenters. The van der Waals surface area contributed by atoms with Crippen molar-refractivity contribution in [3.05, 3.63) is 77.6 Å². The number of aromatic nitrogens is 2. The van der Waals surface area contributed by atoms with E-state index in [1.807, 2.05) is 71.4 Å². The van der Waals surface area contributed by atoms with Crippen molar-refractivity contribution in [3.8, 4) is 5.69 Å². The third-order valence-corrected chi connectivity index (χ3v) is 6.30. The molecule has 4 rings (SSSR count). The van der Waals surface area contributed by atoms with Crippen molar-refractivity contribution < 1.29 is 4.79 Å². The number of nitrogens with zero attached hydrogens (tertiary/aromatic N) is 3. The van der Waals surface area contributed by atoms with E-state index in [0.717, 1.165) is 25.9 Å². The lowest BCUT2D eigenvalue weighted by Crippen LogP contribution is -2.19. The molecule has 0 radical (unpaired) electrons. The predicted octanol–water partition coefficient (Wildman–Crippen LogP) is 4.98. The largest absolute Gasteiger partial charge is 0.316 e. The van der Waals surface area contributed by atoms with E-state index in [0.29, 0.717) is 5.02 Å². The van der Waals surface area contributed by atoms with Gasteiger partial charge < -0.3 is 4.57 Å². The van der Waals surface area contributed by atoms with E-state index in [-0.39, 0.29) is 11.7 Å². The molecule has 0 unspecified atom stereocenters. The SMILES string of the molecule is O=C(CSc1nc2ccccc2s1)NN=Cc1cccn1-c1ccc(Cl)cc1. The van der Waals surface area contributed by atoms with Crippen LogP contribution in [0.25, 0.3) is 15.9 Å². The standard InChI is InChI=1S/C20H15ClN4OS2/c21-14-7-9-15(10-8-14)25-11-3-4-16(25)12-22-24-19(26)13-27-20-23-17-5-1-2-6-18(17)28-20/h1-12H,13H2,(H,24,26). The molecule has 0 aliphatic rings. The van der Waals surface area contributed by atoms with Crippen LogP contribution in [0.4, 0.5) is 0 Å². The van der Waals surface area contributed by atoms with Crippen molar-refractivity contribution in [2.45, 2.75) is 4.34 Å². The van der Waals surface area contributed by atoms with Gasteiger partial charge in [0.15, 0.2) is 4.34 Å². The number of rotatable bonds is 6. The van der Waals surface area contributed by atoms with Gasteiger partial charge in [-0.3, -0.25) is 4.79 Å². The minimum absolute atomic E-state index is 0.176. The van der Waals surface area contributed by atoms with Crippen LogP contribution in [0, 0.1) is 0 Å². The highest BCUT2D eigenvalue weighted by Crippen LogP contribution is 2.29. The molecule has 2 heterocycles. The molecule has 0 bridgehead atoms. The van der Waals surface area contributed by atoms with Gasteiger partial charge in [0.2, 0.25) is 0 Å². The summed E-state index contributed by atoms with van der Waals surface area (Å²) in [6, 6.07) is 19.3. The minimum atomic E-state index is -0.176. The molecule has 1 N–H and O–H groups in total. The summed E-state index contributed by atoms with van der Waals surface area (Å²) in [5.74, 6) is 0.0835. The van der Waals surface area contributed by atoms with E-state index >= 15 is 0 Å². The van der Waals surface area contributed by atoms with Crippen LogP contribution in [0.5, 0.6) is 0 Å². The smallest absolute Gasteiger partial charge is 0.250 e. The quantitative estimate of drug-likeness (QED) is 0.268. The Hall–Kier alpha value is -2.61. The Kier molecular flexibility index (Phi) is 5.76. The summed E-state index contributed by atoms with van der Waals surface area (Å²) in [7, 11) is 0. The number of para-hydroxylation sites is 1. The first kappa shape index (κ1) is 18.7. The molecule has 0 aliphatic carbocycles. The van der Waals surface area contributed by atoms with Crippen LogP contribution in [-0.4, -0.2) is 27.4 Å².